The lowest BCUT2D eigenvalue weighted by Gasteiger charge is -2.12. The van der Waals surface area contributed by atoms with E-state index < -0.39 is 17.9 Å². The van der Waals surface area contributed by atoms with Crippen molar-refractivity contribution in [3.63, 3.8) is 0 Å². The highest BCUT2D eigenvalue weighted by atomic mass is 79.9. The third kappa shape index (κ3) is 5.57. The van der Waals surface area contributed by atoms with Crippen LogP contribution < -0.4 is 10.1 Å². The van der Waals surface area contributed by atoms with Gasteiger partial charge in [-0.1, -0.05) is 28.1 Å². The fourth-order valence-corrected chi connectivity index (χ4v) is 4.73. The Kier molecular flexibility index (Phi) is 7.61. The molecule has 2 aromatic carbocycles. The lowest BCUT2D eigenvalue weighted by Crippen LogP contribution is -2.30. The van der Waals surface area contributed by atoms with Gasteiger partial charge in [0.2, 0.25) is 5.76 Å². The third-order valence-corrected chi connectivity index (χ3v) is 7.04. The number of amides is 3. The standard InChI is InChI=1S/C30H26BrN3O6/c1-18-14-21(15-26-28(35)33(30(37)32-26)16-25-12-13-27(40-25)29(36)38-3)19(2)34(18)23-8-10-24(11-9-23)39-17-20-4-6-22(31)7-5-20/h4-15H,16-17H2,1-3H3,(H,32,37)/b26-15-. The largest absolute Gasteiger partial charge is 0.489 e. The van der Waals surface area contributed by atoms with E-state index >= 15 is 0 Å². The van der Waals surface area contributed by atoms with Gasteiger partial charge >= 0.3 is 12.0 Å². The van der Waals surface area contributed by atoms with Crippen molar-refractivity contribution in [1.82, 2.24) is 14.8 Å². The smallest absolute Gasteiger partial charge is 0.373 e. The van der Waals surface area contributed by atoms with E-state index in [0.717, 1.165) is 43.3 Å². The summed E-state index contributed by atoms with van der Waals surface area (Å²) in [5.74, 6) is -0.0870. The van der Waals surface area contributed by atoms with Crippen molar-refractivity contribution < 1.29 is 28.3 Å². The molecule has 40 heavy (non-hydrogen) atoms. The number of benzene rings is 2. The Morgan fingerprint density at radius 3 is 2.45 bits per heavy atom. The van der Waals surface area contributed by atoms with Crippen LogP contribution in [0.2, 0.25) is 0 Å². The second-order valence-corrected chi connectivity index (χ2v) is 10.1. The van der Waals surface area contributed by atoms with Crippen LogP contribution in [0.5, 0.6) is 5.75 Å². The molecule has 1 N–H and O–H groups in total. The van der Waals surface area contributed by atoms with Crippen LogP contribution in [0.1, 0.15) is 38.8 Å². The van der Waals surface area contributed by atoms with Crippen LogP contribution in [-0.2, 0) is 22.7 Å². The number of furan rings is 1. The Hall–Kier alpha value is -4.57. The molecule has 3 amide bonds. The van der Waals surface area contributed by atoms with Crippen LogP contribution in [0, 0.1) is 13.8 Å². The molecule has 204 valence electrons. The monoisotopic (exact) mass is 603 g/mol. The van der Waals surface area contributed by atoms with Gasteiger partial charge in [0, 0.05) is 21.5 Å². The Morgan fingerprint density at radius 1 is 1.02 bits per heavy atom. The average molecular weight is 604 g/mol. The minimum Gasteiger partial charge on any atom is -0.489 e. The molecule has 5 rings (SSSR count). The maximum Gasteiger partial charge on any atom is 0.373 e. The predicted molar refractivity (Wildman–Crippen MR) is 151 cm³/mol. The third-order valence-electron chi connectivity index (χ3n) is 6.51. The van der Waals surface area contributed by atoms with Crippen LogP contribution in [0.15, 0.2) is 81.3 Å². The van der Waals surface area contributed by atoms with E-state index in [1.54, 1.807) is 6.08 Å². The number of hydrogen-bond acceptors (Lipinski definition) is 6. The molecule has 9 nitrogen and oxygen atoms in total. The number of carbonyl (C=O) groups excluding carboxylic acids is 3. The van der Waals surface area contributed by atoms with Gasteiger partial charge in [0.05, 0.1) is 13.7 Å². The first kappa shape index (κ1) is 27.0. The van der Waals surface area contributed by atoms with E-state index in [9.17, 15) is 14.4 Å². The van der Waals surface area contributed by atoms with Gasteiger partial charge in [-0.25, -0.2) is 9.59 Å². The van der Waals surface area contributed by atoms with Crippen molar-refractivity contribution in [1.29, 1.82) is 0 Å². The minimum atomic E-state index is -0.637. The van der Waals surface area contributed by atoms with Gasteiger partial charge in [0.15, 0.2) is 0 Å². The number of ether oxygens (including phenoxy) is 2. The van der Waals surface area contributed by atoms with Gasteiger partial charge < -0.3 is 23.8 Å². The highest BCUT2D eigenvalue weighted by molar-refractivity contribution is 9.10. The Morgan fingerprint density at radius 2 is 1.75 bits per heavy atom. The Bertz CT molecular complexity index is 1620. The van der Waals surface area contributed by atoms with Crippen LogP contribution in [0.3, 0.4) is 0 Å². The molecule has 0 aliphatic carbocycles. The van der Waals surface area contributed by atoms with Gasteiger partial charge in [0.25, 0.3) is 5.91 Å². The molecule has 10 heteroatoms. The highest BCUT2D eigenvalue weighted by Gasteiger charge is 2.34. The second kappa shape index (κ2) is 11.3. The SMILES string of the molecule is COC(=O)c1ccc(CN2C(=O)N/C(=C\c3cc(C)n(-c4ccc(OCc5ccc(Br)cc5)cc4)c3C)C2=O)o1. The summed E-state index contributed by atoms with van der Waals surface area (Å²) in [4.78, 5) is 38.2. The first-order valence-electron chi connectivity index (χ1n) is 12.4. The number of imide groups is 1. The molecule has 1 saturated heterocycles. The van der Waals surface area contributed by atoms with Crippen LogP contribution in [0.25, 0.3) is 11.8 Å². The number of nitrogens with one attached hydrogen (secondary N) is 1. The summed E-state index contributed by atoms with van der Waals surface area (Å²) in [6.07, 6.45) is 1.66. The molecule has 0 bridgehead atoms. The van der Waals surface area contributed by atoms with Crippen molar-refractivity contribution in [3.05, 3.63) is 111 Å². The number of esters is 1. The average Bonchev–Trinajstić information content (AvgIpc) is 3.61. The minimum absolute atomic E-state index is 0.00283. The molecular formula is C30H26BrN3O6. The van der Waals surface area contributed by atoms with E-state index in [0.29, 0.717) is 6.61 Å². The molecule has 0 unspecified atom stereocenters. The molecule has 2 aromatic heterocycles. The van der Waals surface area contributed by atoms with Gasteiger partial charge in [-0.3, -0.25) is 9.69 Å². The van der Waals surface area contributed by atoms with Gasteiger partial charge in [-0.2, -0.15) is 0 Å². The molecule has 4 aromatic rings. The summed E-state index contributed by atoms with van der Waals surface area (Å²) >= 11 is 3.44. The lowest BCUT2D eigenvalue weighted by molar-refractivity contribution is -0.123. The van der Waals surface area contributed by atoms with Crippen LogP contribution >= 0.6 is 15.9 Å². The molecule has 1 aliphatic heterocycles. The summed E-state index contributed by atoms with van der Waals surface area (Å²) < 4.78 is 19.0. The van der Waals surface area contributed by atoms with Crippen molar-refractivity contribution in [2.45, 2.75) is 27.0 Å². The predicted octanol–water partition coefficient (Wildman–Crippen LogP) is 5.91. The fourth-order valence-electron chi connectivity index (χ4n) is 4.47. The molecule has 1 aliphatic rings. The zero-order chi connectivity index (χ0) is 28.4. The zero-order valence-electron chi connectivity index (χ0n) is 22.1. The molecule has 0 saturated carbocycles. The molecule has 3 heterocycles. The Labute approximate surface area is 239 Å². The number of rotatable bonds is 8. The molecule has 1 fully saturated rings. The lowest BCUT2D eigenvalue weighted by atomic mass is 10.2. The molecule has 0 atom stereocenters. The van der Waals surface area contributed by atoms with E-state index in [1.807, 2.05) is 68.4 Å². The maximum absolute atomic E-state index is 13.0. The molecular weight excluding hydrogens is 578 g/mol. The van der Waals surface area contributed by atoms with E-state index in [4.69, 9.17) is 9.15 Å². The van der Waals surface area contributed by atoms with E-state index in [-0.39, 0.29) is 23.8 Å². The Balaban J connectivity index is 1.29. The number of carbonyl (C=O) groups is 3. The number of halogens is 1. The summed E-state index contributed by atoms with van der Waals surface area (Å²) in [5.41, 5.74) is 4.84. The van der Waals surface area contributed by atoms with Crippen molar-refractivity contribution in [2.75, 3.05) is 7.11 Å². The summed E-state index contributed by atoms with van der Waals surface area (Å²) in [6, 6.07) is 20.1. The van der Waals surface area contributed by atoms with E-state index in [2.05, 4.69) is 30.6 Å². The molecule has 0 radical (unpaired) electrons. The van der Waals surface area contributed by atoms with Crippen molar-refractivity contribution >= 4 is 39.9 Å². The number of urea groups is 1. The van der Waals surface area contributed by atoms with Gasteiger partial charge in [-0.15, -0.1) is 0 Å². The quantitative estimate of drug-likeness (QED) is 0.153. The number of methoxy groups -OCH3 is 1. The first-order chi connectivity index (χ1) is 19.2. The number of nitrogens with zero attached hydrogens (tertiary/aromatic N) is 2. The number of hydrogen-bond donors (Lipinski definition) is 1. The van der Waals surface area contributed by atoms with Crippen LogP contribution in [0.4, 0.5) is 4.79 Å². The van der Waals surface area contributed by atoms with Crippen molar-refractivity contribution in [3.8, 4) is 11.4 Å². The number of aryl methyl sites for hydroxylation is 1. The van der Waals surface area contributed by atoms with Crippen LogP contribution in [-0.4, -0.2) is 34.5 Å². The van der Waals surface area contributed by atoms with Gasteiger partial charge in [0.1, 0.15) is 23.8 Å². The van der Waals surface area contributed by atoms with E-state index in [1.165, 1.54) is 19.2 Å². The van der Waals surface area contributed by atoms with Crippen molar-refractivity contribution in [2.24, 2.45) is 0 Å². The number of aromatic nitrogens is 1. The normalized spacial score (nSPS) is 14.1. The van der Waals surface area contributed by atoms with Gasteiger partial charge in [-0.05, 0) is 85.6 Å². The highest BCUT2D eigenvalue weighted by Crippen LogP contribution is 2.26. The molecule has 0 spiro atoms. The first-order valence-corrected chi connectivity index (χ1v) is 13.2. The summed E-state index contributed by atoms with van der Waals surface area (Å²) in [6.45, 7) is 4.28. The second-order valence-electron chi connectivity index (χ2n) is 9.21. The maximum atomic E-state index is 13.0. The summed E-state index contributed by atoms with van der Waals surface area (Å²) in [5, 5.41) is 2.63. The zero-order valence-corrected chi connectivity index (χ0v) is 23.7. The fraction of sp³-hybridized carbons (Fsp3) is 0.167. The topological polar surface area (TPSA) is 103 Å². The summed E-state index contributed by atoms with van der Waals surface area (Å²) in [7, 11) is 1.24.